The highest BCUT2D eigenvalue weighted by Gasteiger charge is 2.21. The molecule has 0 saturated heterocycles. The minimum Gasteiger partial charge on any atom is -0.441 e. The summed E-state index contributed by atoms with van der Waals surface area (Å²) in [6, 6.07) is 13.7. The number of thiophene rings is 2. The van der Waals surface area contributed by atoms with Crippen molar-refractivity contribution >= 4 is 59.8 Å². The average Bonchev–Trinajstić information content (AvgIpc) is 3.29. The third kappa shape index (κ3) is 3.78. The van der Waals surface area contributed by atoms with E-state index < -0.39 is 6.09 Å². The molecular weight excluding hydrogens is 448 g/mol. The zero-order valence-corrected chi connectivity index (χ0v) is 17.7. The van der Waals surface area contributed by atoms with Crippen LogP contribution in [0.5, 0.6) is 0 Å². The maximum Gasteiger partial charge on any atom is 0.412 e. The second-order valence-corrected chi connectivity index (χ2v) is 9.49. The first-order valence-electron chi connectivity index (χ1n) is 8.19. The Balaban J connectivity index is 1.54. The van der Waals surface area contributed by atoms with Crippen molar-refractivity contribution in [3.8, 4) is 10.6 Å². The van der Waals surface area contributed by atoms with Crippen molar-refractivity contribution in [1.82, 2.24) is 5.16 Å². The number of carbonyl (C=O) groups is 1. The summed E-state index contributed by atoms with van der Waals surface area (Å²) in [7, 11) is 0. The topological polar surface area (TPSA) is 64.4 Å². The maximum absolute atomic E-state index is 12.4. The molecule has 1 aromatic carbocycles. The summed E-state index contributed by atoms with van der Waals surface area (Å²) in [4.78, 5) is 13.3. The van der Waals surface area contributed by atoms with Gasteiger partial charge in [-0.15, -0.1) is 22.7 Å². The van der Waals surface area contributed by atoms with Crippen LogP contribution in [0.1, 0.15) is 24.3 Å². The van der Waals surface area contributed by atoms with Crippen molar-refractivity contribution in [2.75, 3.05) is 5.32 Å². The highest BCUT2D eigenvalue weighted by atomic mass is 79.9. The minimum atomic E-state index is -0.542. The van der Waals surface area contributed by atoms with Gasteiger partial charge in [0.15, 0.2) is 0 Å². The molecule has 8 heteroatoms. The van der Waals surface area contributed by atoms with Crippen molar-refractivity contribution < 1.29 is 14.1 Å². The molecule has 0 saturated carbocycles. The molecule has 0 fully saturated rings. The summed E-state index contributed by atoms with van der Waals surface area (Å²) < 4.78 is 14.4. The normalized spacial score (nSPS) is 12.3. The number of aromatic nitrogens is 1. The summed E-state index contributed by atoms with van der Waals surface area (Å²) in [6.45, 7) is 3.62. The van der Waals surface area contributed by atoms with E-state index in [-0.39, 0.29) is 6.10 Å². The molecule has 0 unspecified atom stereocenters. The second kappa shape index (κ2) is 7.46. The molecule has 1 amide bonds. The van der Waals surface area contributed by atoms with Crippen LogP contribution in [0, 0.1) is 6.92 Å². The van der Waals surface area contributed by atoms with Gasteiger partial charge in [-0.25, -0.2) is 4.79 Å². The van der Waals surface area contributed by atoms with Crippen molar-refractivity contribution in [3.05, 3.63) is 57.5 Å². The molecular formula is C19H15BrN2O3S2. The van der Waals surface area contributed by atoms with E-state index in [9.17, 15) is 4.79 Å². The fourth-order valence-electron chi connectivity index (χ4n) is 2.69. The summed E-state index contributed by atoms with van der Waals surface area (Å²) in [5.74, 6) is 0.543. The van der Waals surface area contributed by atoms with Crippen molar-refractivity contribution in [3.63, 3.8) is 0 Å². The smallest absolute Gasteiger partial charge is 0.412 e. The summed E-state index contributed by atoms with van der Waals surface area (Å²) in [5, 5.41) is 6.80. The van der Waals surface area contributed by atoms with Gasteiger partial charge in [0.1, 0.15) is 17.5 Å². The summed E-state index contributed by atoms with van der Waals surface area (Å²) in [5.41, 5.74) is 2.07. The van der Waals surface area contributed by atoms with Crippen LogP contribution in [-0.2, 0) is 4.74 Å². The Labute approximate surface area is 172 Å². The Hall–Kier alpha value is -2.16. The lowest BCUT2D eigenvalue weighted by molar-refractivity contribution is 0.121. The molecule has 1 N–H and O–H groups in total. The van der Waals surface area contributed by atoms with Gasteiger partial charge in [0.05, 0.1) is 8.66 Å². The highest BCUT2D eigenvalue weighted by Crippen LogP contribution is 2.42. The van der Waals surface area contributed by atoms with E-state index >= 15 is 0 Å². The second-order valence-electron chi connectivity index (χ2n) is 5.94. The van der Waals surface area contributed by atoms with Crippen LogP contribution in [0.15, 0.2) is 50.8 Å². The molecule has 4 aromatic rings. The number of fused-ring (bicyclic) bond motifs is 1. The van der Waals surface area contributed by atoms with Crippen LogP contribution in [0.3, 0.4) is 0 Å². The predicted octanol–water partition coefficient (Wildman–Crippen LogP) is 7.00. The molecule has 5 nitrogen and oxygen atoms in total. The number of benzene rings is 1. The van der Waals surface area contributed by atoms with Crippen LogP contribution in [0.4, 0.5) is 10.5 Å². The Bertz CT molecular complexity index is 1070. The lowest BCUT2D eigenvalue weighted by Crippen LogP contribution is -2.16. The molecule has 3 heterocycles. The van der Waals surface area contributed by atoms with Crippen molar-refractivity contribution in [2.24, 2.45) is 0 Å². The van der Waals surface area contributed by atoms with Crippen LogP contribution < -0.4 is 5.32 Å². The third-order valence-electron chi connectivity index (χ3n) is 4.04. The summed E-state index contributed by atoms with van der Waals surface area (Å²) >= 11 is 6.74. The predicted molar refractivity (Wildman–Crippen MR) is 113 cm³/mol. The number of hydrogen-bond donors (Lipinski definition) is 1. The number of aryl methyl sites for hydroxylation is 1. The van der Waals surface area contributed by atoms with E-state index in [1.807, 2.05) is 43.3 Å². The van der Waals surface area contributed by atoms with E-state index in [4.69, 9.17) is 9.26 Å². The SMILES string of the molecule is Cc1noc(-c2cc3sc(Br)cc3s2)c1NC(=O)O[C@H](C)c1ccccc1. The Morgan fingerprint density at radius 3 is 2.70 bits per heavy atom. The number of rotatable bonds is 4. The monoisotopic (exact) mass is 462 g/mol. The zero-order valence-electron chi connectivity index (χ0n) is 14.5. The van der Waals surface area contributed by atoms with Crippen LogP contribution in [0.25, 0.3) is 20.0 Å². The molecule has 0 aliphatic rings. The van der Waals surface area contributed by atoms with Gasteiger partial charge in [-0.1, -0.05) is 35.5 Å². The lowest BCUT2D eigenvalue weighted by atomic mass is 10.1. The quantitative estimate of drug-likeness (QED) is 0.354. The van der Waals surface area contributed by atoms with E-state index in [1.165, 1.54) is 0 Å². The number of hydrogen-bond acceptors (Lipinski definition) is 6. The van der Waals surface area contributed by atoms with Crippen LogP contribution >= 0.6 is 38.6 Å². The Kier molecular flexibility index (Phi) is 5.03. The number of ether oxygens (including phenoxy) is 1. The van der Waals surface area contributed by atoms with Gasteiger partial charge in [-0.2, -0.15) is 0 Å². The van der Waals surface area contributed by atoms with E-state index in [0.29, 0.717) is 17.1 Å². The van der Waals surface area contributed by atoms with Gasteiger partial charge in [0, 0.05) is 9.40 Å². The fraction of sp³-hybridized carbons (Fsp3) is 0.158. The van der Waals surface area contributed by atoms with Crippen molar-refractivity contribution in [1.29, 1.82) is 0 Å². The van der Waals surface area contributed by atoms with Gasteiger partial charge in [0.25, 0.3) is 0 Å². The number of amides is 1. The number of halogens is 1. The number of nitrogens with zero attached hydrogens (tertiary/aromatic N) is 1. The highest BCUT2D eigenvalue weighted by molar-refractivity contribution is 9.11. The zero-order chi connectivity index (χ0) is 19.0. The maximum atomic E-state index is 12.4. The van der Waals surface area contributed by atoms with E-state index in [0.717, 1.165) is 23.6 Å². The van der Waals surface area contributed by atoms with Crippen LogP contribution in [0.2, 0.25) is 0 Å². The average molecular weight is 463 g/mol. The van der Waals surface area contributed by atoms with Gasteiger partial charge < -0.3 is 9.26 Å². The Morgan fingerprint density at radius 2 is 1.96 bits per heavy atom. The first-order valence-corrected chi connectivity index (χ1v) is 10.6. The molecule has 138 valence electrons. The molecule has 0 aliphatic carbocycles. The molecule has 1 atom stereocenters. The van der Waals surface area contributed by atoms with Gasteiger partial charge in [-0.05, 0) is 47.5 Å². The third-order valence-corrected chi connectivity index (χ3v) is 6.84. The summed E-state index contributed by atoms with van der Waals surface area (Å²) in [6.07, 6.45) is -0.903. The van der Waals surface area contributed by atoms with Crippen molar-refractivity contribution in [2.45, 2.75) is 20.0 Å². The molecule has 4 rings (SSSR count). The first-order chi connectivity index (χ1) is 13.0. The van der Waals surface area contributed by atoms with Crippen LogP contribution in [-0.4, -0.2) is 11.2 Å². The molecule has 0 radical (unpaired) electrons. The molecule has 3 aromatic heterocycles. The standard InChI is InChI=1S/C19H15BrN2O3S2/c1-10-17(21-19(23)24-11(2)12-6-4-3-5-7-12)18(25-22-10)15-8-13-14(26-15)9-16(20)27-13/h3-9,11H,1-2H3,(H,21,23)/t11-/m1/s1. The number of nitrogens with one attached hydrogen (secondary N) is 1. The van der Waals surface area contributed by atoms with Gasteiger partial charge in [0.2, 0.25) is 5.76 Å². The number of carbonyl (C=O) groups excluding carboxylic acids is 1. The lowest BCUT2D eigenvalue weighted by Gasteiger charge is -2.14. The fourth-order valence-corrected chi connectivity index (χ4v) is 5.70. The van der Waals surface area contributed by atoms with E-state index in [2.05, 4.69) is 32.5 Å². The Morgan fingerprint density at radius 1 is 1.22 bits per heavy atom. The largest absolute Gasteiger partial charge is 0.441 e. The van der Waals surface area contributed by atoms with E-state index in [1.54, 1.807) is 29.6 Å². The molecule has 0 bridgehead atoms. The molecule has 0 spiro atoms. The molecule has 0 aliphatic heterocycles. The van der Waals surface area contributed by atoms with Gasteiger partial charge in [-0.3, -0.25) is 5.32 Å². The molecule has 27 heavy (non-hydrogen) atoms. The number of anilines is 1. The van der Waals surface area contributed by atoms with Gasteiger partial charge >= 0.3 is 6.09 Å². The minimum absolute atomic E-state index is 0.362. The first kappa shape index (κ1) is 18.2.